The minimum Gasteiger partial charge on any atom is -0.359 e. The third-order valence-corrected chi connectivity index (χ3v) is 7.62. The van der Waals surface area contributed by atoms with Gasteiger partial charge in [-0.15, -0.1) is 0 Å². The zero-order valence-electron chi connectivity index (χ0n) is 18.8. The fraction of sp³-hybridized carbons (Fsp3) is 0.241. The molecule has 6 heteroatoms. The van der Waals surface area contributed by atoms with Gasteiger partial charge in [0.25, 0.3) is 0 Å². The molecule has 2 aromatic rings. The molecule has 0 spiro atoms. The molecule has 2 heterocycles. The molecular formula is C29H21BrN4O. The lowest BCUT2D eigenvalue weighted by Crippen LogP contribution is -2.40. The van der Waals surface area contributed by atoms with Crippen LogP contribution in [0.2, 0.25) is 0 Å². The highest BCUT2D eigenvalue weighted by molar-refractivity contribution is 9.10. The first kappa shape index (κ1) is 22.9. The number of rotatable bonds is 5. The molecule has 35 heavy (non-hydrogen) atoms. The number of halogens is 1. The van der Waals surface area contributed by atoms with Crippen molar-refractivity contribution in [2.75, 3.05) is 0 Å². The number of fused-ring (bicyclic) bond motifs is 1. The zero-order valence-corrected chi connectivity index (χ0v) is 20.4. The Morgan fingerprint density at radius 2 is 1.66 bits per heavy atom. The predicted octanol–water partition coefficient (Wildman–Crippen LogP) is 5.66. The Bertz CT molecular complexity index is 1370. The van der Waals surface area contributed by atoms with Crippen molar-refractivity contribution in [1.82, 2.24) is 4.90 Å². The second kappa shape index (κ2) is 9.38. The molecule has 5 rings (SSSR count). The highest BCUT2D eigenvalue weighted by Crippen LogP contribution is 2.53. The Morgan fingerprint density at radius 1 is 0.971 bits per heavy atom. The van der Waals surface area contributed by atoms with E-state index in [9.17, 15) is 20.6 Å². The van der Waals surface area contributed by atoms with Crippen molar-refractivity contribution < 1.29 is 4.79 Å². The molecule has 1 aliphatic carbocycles. The van der Waals surface area contributed by atoms with Gasteiger partial charge in [0.1, 0.15) is 23.8 Å². The third kappa shape index (κ3) is 4.10. The zero-order chi connectivity index (χ0) is 24.5. The largest absolute Gasteiger partial charge is 0.359 e. The van der Waals surface area contributed by atoms with E-state index < -0.39 is 6.04 Å². The average Bonchev–Trinajstić information content (AvgIpc) is 3.70. The van der Waals surface area contributed by atoms with Crippen LogP contribution >= 0.6 is 15.9 Å². The number of hydrogen-bond acceptors (Lipinski definition) is 5. The van der Waals surface area contributed by atoms with E-state index in [1.807, 2.05) is 65.6 Å². The van der Waals surface area contributed by atoms with Crippen molar-refractivity contribution in [2.45, 2.75) is 30.8 Å². The highest BCUT2D eigenvalue weighted by Gasteiger charge is 2.55. The molecule has 0 amide bonds. The van der Waals surface area contributed by atoms with E-state index >= 15 is 0 Å². The predicted molar refractivity (Wildman–Crippen MR) is 135 cm³/mol. The summed E-state index contributed by atoms with van der Waals surface area (Å²) >= 11 is 3.51. The van der Waals surface area contributed by atoms with Gasteiger partial charge in [-0.05, 0) is 47.8 Å². The molecule has 5 nitrogen and oxygen atoms in total. The van der Waals surface area contributed by atoms with Gasteiger partial charge in [-0.1, -0.05) is 64.5 Å². The number of nitrogens with zero attached hydrogens (tertiary/aromatic N) is 4. The molecule has 1 saturated carbocycles. The van der Waals surface area contributed by atoms with Crippen LogP contribution in [0, 0.1) is 45.8 Å². The maximum Gasteiger partial charge on any atom is 0.158 e. The van der Waals surface area contributed by atoms with Gasteiger partial charge in [0, 0.05) is 28.4 Å². The van der Waals surface area contributed by atoms with Crippen molar-refractivity contribution in [3.63, 3.8) is 0 Å². The summed E-state index contributed by atoms with van der Waals surface area (Å²) < 4.78 is 0.929. The maximum atomic E-state index is 13.8. The van der Waals surface area contributed by atoms with Gasteiger partial charge < -0.3 is 4.90 Å². The fourth-order valence-electron chi connectivity index (χ4n) is 5.45. The number of carbonyl (C=O) groups excluding carboxylic acids is 1. The second-order valence-corrected chi connectivity index (χ2v) is 10.0. The number of allylic oxidation sites excluding steroid dienone is 3. The van der Waals surface area contributed by atoms with Crippen LogP contribution in [0.15, 0.2) is 88.6 Å². The molecule has 2 aliphatic heterocycles. The molecule has 0 unspecified atom stereocenters. The van der Waals surface area contributed by atoms with Crippen molar-refractivity contribution in [2.24, 2.45) is 11.8 Å². The van der Waals surface area contributed by atoms with E-state index in [4.69, 9.17) is 0 Å². The number of benzene rings is 2. The van der Waals surface area contributed by atoms with Gasteiger partial charge >= 0.3 is 0 Å². The standard InChI is InChI=1S/C29H21BrN4O/c30-23-11-9-20(10-12-23)26-27(25(22(15-32)16-33)19-4-2-1-3-5-19)24-13-6-18(14-31)17-34(24)28(26)29(35)21-7-8-21/h1-6,9-13,17,21,24,26-28H,7-8H2/t24-,26-,27+,28+/m1/s1. The van der Waals surface area contributed by atoms with Gasteiger partial charge in [0.05, 0.1) is 17.7 Å². The van der Waals surface area contributed by atoms with Gasteiger partial charge in [-0.3, -0.25) is 4.79 Å². The van der Waals surface area contributed by atoms with E-state index in [1.54, 1.807) is 12.3 Å². The lowest BCUT2D eigenvalue weighted by molar-refractivity contribution is -0.124. The minimum absolute atomic E-state index is 0.0118. The number of nitriles is 3. The molecule has 2 aromatic carbocycles. The Labute approximate surface area is 213 Å². The van der Waals surface area contributed by atoms with Crippen LogP contribution in [0.1, 0.15) is 29.9 Å². The molecule has 0 N–H and O–H groups in total. The van der Waals surface area contributed by atoms with E-state index in [0.717, 1.165) is 28.4 Å². The van der Waals surface area contributed by atoms with Gasteiger partial charge in [0.15, 0.2) is 5.78 Å². The summed E-state index contributed by atoms with van der Waals surface area (Å²) in [5.41, 5.74) is 2.93. The van der Waals surface area contributed by atoms with Crippen molar-refractivity contribution >= 4 is 27.3 Å². The van der Waals surface area contributed by atoms with Crippen molar-refractivity contribution in [3.05, 3.63) is 99.7 Å². The van der Waals surface area contributed by atoms with Crippen LogP contribution in [0.5, 0.6) is 0 Å². The Balaban J connectivity index is 1.78. The molecule has 0 bridgehead atoms. The second-order valence-electron chi connectivity index (χ2n) is 9.10. The SMILES string of the molecule is N#CC1=CN2[C@H](C=C1)[C@@H](C(=C(C#N)C#N)c1ccccc1)[C@@H](c1ccc(Br)cc1)[C@H]2C(=O)C1CC1. The summed E-state index contributed by atoms with van der Waals surface area (Å²) in [6, 6.07) is 23.1. The van der Waals surface area contributed by atoms with Gasteiger partial charge in [-0.2, -0.15) is 15.8 Å². The number of hydrogen-bond donors (Lipinski definition) is 0. The summed E-state index contributed by atoms with van der Waals surface area (Å²) in [6.07, 6.45) is 7.25. The van der Waals surface area contributed by atoms with Gasteiger partial charge in [-0.25, -0.2) is 0 Å². The van der Waals surface area contributed by atoms with Crippen LogP contribution in [0.3, 0.4) is 0 Å². The topological polar surface area (TPSA) is 91.7 Å². The third-order valence-electron chi connectivity index (χ3n) is 7.09. The number of ketones is 1. The van der Waals surface area contributed by atoms with Crippen LogP contribution in [0.25, 0.3) is 5.57 Å². The van der Waals surface area contributed by atoms with Crippen LogP contribution in [-0.2, 0) is 4.79 Å². The molecule has 2 fully saturated rings. The minimum atomic E-state index is -0.496. The van der Waals surface area contributed by atoms with E-state index in [0.29, 0.717) is 11.1 Å². The first-order chi connectivity index (χ1) is 17.1. The molecule has 4 atom stereocenters. The lowest BCUT2D eigenvalue weighted by atomic mass is 9.73. The Morgan fingerprint density at radius 3 is 2.26 bits per heavy atom. The summed E-state index contributed by atoms with van der Waals surface area (Å²) in [4.78, 5) is 15.8. The van der Waals surface area contributed by atoms with Crippen LogP contribution < -0.4 is 0 Å². The quantitative estimate of drug-likeness (QED) is 0.474. The summed E-state index contributed by atoms with van der Waals surface area (Å²) in [5.74, 6) is -0.463. The molecule has 0 aromatic heterocycles. The van der Waals surface area contributed by atoms with Crippen molar-refractivity contribution in [1.29, 1.82) is 15.8 Å². The first-order valence-corrected chi connectivity index (χ1v) is 12.3. The first-order valence-electron chi connectivity index (χ1n) is 11.5. The monoisotopic (exact) mass is 520 g/mol. The lowest BCUT2D eigenvalue weighted by Gasteiger charge is -2.31. The van der Waals surface area contributed by atoms with Crippen LogP contribution in [0.4, 0.5) is 0 Å². The maximum absolute atomic E-state index is 13.8. The van der Waals surface area contributed by atoms with Crippen molar-refractivity contribution in [3.8, 4) is 18.2 Å². The summed E-state index contributed by atoms with van der Waals surface area (Å²) in [5, 5.41) is 29.5. The smallest absolute Gasteiger partial charge is 0.158 e. The van der Waals surface area contributed by atoms with E-state index in [-0.39, 0.29) is 35.2 Å². The van der Waals surface area contributed by atoms with E-state index in [1.165, 1.54) is 0 Å². The molecule has 3 aliphatic rings. The molecular weight excluding hydrogens is 500 g/mol. The Kier molecular flexibility index (Phi) is 6.12. The number of Topliss-reactive ketones (excluding diaryl/α,β-unsaturated/α-hetero) is 1. The molecule has 1 saturated heterocycles. The fourth-order valence-corrected chi connectivity index (χ4v) is 5.71. The average molecular weight is 521 g/mol. The molecule has 0 radical (unpaired) electrons. The van der Waals surface area contributed by atoms with Crippen LogP contribution in [-0.4, -0.2) is 22.8 Å². The molecule has 170 valence electrons. The number of carbonyl (C=O) groups is 1. The normalized spacial score (nSPS) is 24.4. The highest BCUT2D eigenvalue weighted by atomic mass is 79.9. The summed E-state index contributed by atoms with van der Waals surface area (Å²) in [7, 11) is 0. The van der Waals surface area contributed by atoms with Gasteiger partial charge in [0.2, 0.25) is 0 Å². The van der Waals surface area contributed by atoms with E-state index in [2.05, 4.69) is 34.1 Å². The summed E-state index contributed by atoms with van der Waals surface area (Å²) in [6.45, 7) is 0. The Hall–Kier alpha value is -3.92.